The predicted octanol–water partition coefficient (Wildman–Crippen LogP) is 3.24. The number of hydrogen-bond donors (Lipinski definition) is 3. The predicted molar refractivity (Wildman–Crippen MR) is 104 cm³/mol. The summed E-state index contributed by atoms with van der Waals surface area (Å²) < 4.78 is 0. The van der Waals surface area contributed by atoms with Crippen LogP contribution < -0.4 is 16.0 Å². The van der Waals surface area contributed by atoms with Crippen molar-refractivity contribution < 1.29 is 9.59 Å². The zero-order chi connectivity index (χ0) is 18.7. The van der Waals surface area contributed by atoms with Crippen molar-refractivity contribution in [2.45, 2.75) is 65.0 Å². The normalized spacial score (nSPS) is 24.5. The lowest BCUT2D eigenvalue weighted by molar-refractivity contribution is -0.117. The highest BCUT2D eigenvalue weighted by atomic mass is 16.2. The summed E-state index contributed by atoms with van der Waals surface area (Å²) in [4.78, 5) is 24.6. The lowest BCUT2D eigenvalue weighted by atomic mass is 9.89. The van der Waals surface area contributed by atoms with E-state index in [1.54, 1.807) is 6.07 Å². The number of benzene rings is 1. The number of hydrogen-bond acceptors (Lipinski definition) is 3. The number of carbonyl (C=O) groups excluding carboxylic acids is 2. The standard InChI is InChI=1S/C21H31N3O2/c1-13(2)12-22-21(26)16-4-7-19(14(3)8-16)24-20(25)11-15-9-17-5-6-18(10-15)23-17/h4,7-8,13,15,17-18,23H,5-6,9-12H2,1-3H3,(H,22,26)(H,24,25). The second-order valence-electron chi connectivity index (χ2n) is 8.36. The molecule has 2 saturated heterocycles. The number of nitrogens with one attached hydrogen (secondary N) is 3. The van der Waals surface area contributed by atoms with E-state index in [-0.39, 0.29) is 11.8 Å². The Morgan fingerprint density at radius 1 is 1.19 bits per heavy atom. The molecule has 2 unspecified atom stereocenters. The van der Waals surface area contributed by atoms with Crippen molar-refractivity contribution in [2.24, 2.45) is 11.8 Å². The van der Waals surface area contributed by atoms with Crippen molar-refractivity contribution in [1.82, 2.24) is 10.6 Å². The Labute approximate surface area is 156 Å². The highest BCUT2D eigenvalue weighted by Gasteiger charge is 2.34. The minimum atomic E-state index is -0.0649. The molecule has 1 aromatic carbocycles. The van der Waals surface area contributed by atoms with Crippen LogP contribution in [0.2, 0.25) is 0 Å². The van der Waals surface area contributed by atoms with Gasteiger partial charge in [0.1, 0.15) is 0 Å². The SMILES string of the molecule is Cc1cc(C(=O)NCC(C)C)ccc1NC(=O)CC1CC2CCC(C1)N2. The number of amides is 2. The summed E-state index contributed by atoms with van der Waals surface area (Å²) in [6.07, 6.45) is 5.31. The Morgan fingerprint density at radius 2 is 1.88 bits per heavy atom. The highest BCUT2D eigenvalue weighted by Crippen LogP contribution is 2.33. The third-order valence-electron chi connectivity index (χ3n) is 5.48. The monoisotopic (exact) mass is 357 g/mol. The van der Waals surface area contributed by atoms with E-state index >= 15 is 0 Å². The molecule has 0 spiro atoms. The van der Waals surface area contributed by atoms with Crippen molar-refractivity contribution in [2.75, 3.05) is 11.9 Å². The van der Waals surface area contributed by atoms with Crippen molar-refractivity contribution in [3.8, 4) is 0 Å². The van der Waals surface area contributed by atoms with E-state index in [9.17, 15) is 9.59 Å². The minimum Gasteiger partial charge on any atom is -0.352 e. The Morgan fingerprint density at radius 3 is 2.50 bits per heavy atom. The van der Waals surface area contributed by atoms with Crippen LogP contribution in [-0.4, -0.2) is 30.4 Å². The molecule has 3 rings (SSSR count). The largest absolute Gasteiger partial charge is 0.352 e. The topological polar surface area (TPSA) is 70.2 Å². The molecule has 0 saturated carbocycles. The number of rotatable bonds is 6. The molecule has 3 N–H and O–H groups in total. The summed E-state index contributed by atoms with van der Waals surface area (Å²) in [5.41, 5.74) is 2.35. The Hall–Kier alpha value is -1.88. The minimum absolute atomic E-state index is 0.0649. The van der Waals surface area contributed by atoms with Gasteiger partial charge in [0, 0.05) is 36.3 Å². The highest BCUT2D eigenvalue weighted by molar-refractivity contribution is 5.96. The molecule has 0 aliphatic carbocycles. The average molecular weight is 357 g/mol. The number of aryl methyl sites for hydroxylation is 1. The number of fused-ring (bicyclic) bond motifs is 2. The van der Waals surface area contributed by atoms with Gasteiger partial charge in [0.2, 0.25) is 5.91 Å². The first-order chi connectivity index (χ1) is 12.4. The molecular formula is C21H31N3O2. The van der Waals surface area contributed by atoms with E-state index in [0.717, 1.165) is 24.1 Å². The summed E-state index contributed by atoms with van der Waals surface area (Å²) in [5, 5.41) is 9.57. The fourth-order valence-electron chi connectivity index (χ4n) is 4.15. The fourth-order valence-corrected chi connectivity index (χ4v) is 4.15. The molecule has 5 nitrogen and oxygen atoms in total. The number of anilines is 1. The van der Waals surface area contributed by atoms with Crippen LogP contribution in [-0.2, 0) is 4.79 Å². The van der Waals surface area contributed by atoms with E-state index in [1.807, 2.05) is 19.1 Å². The summed E-state index contributed by atoms with van der Waals surface area (Å²) >= 11 is 0. The maximum absolute atomic E-state index is 12.5. The van der Waals surface area contributed by atoms with Crippen molar-refractivity contribution in [3.63, 3.8) is 0 Å². The van der Waals surface area contributed by atoms with Gasteiger partial charge < -0.3 is 16.0 Å². The van der Waals surface area contributed by atoms with Gasteiger partial charge in [-0.25, -0.2) is 0 Å². The third kappa shape index (κ3) is 4.85. The number of piperidine rings is 1. The van der Waals surface area contributed by atoms with Crippen LogP contribution in [0.25, 0.3) is 0 Å². The second-order valence-corrected chi connectivity index (χ2v) is 8.36. The molecule has 142 valence electrons. The van der Waals surface area contributed by atoms with E-state index in [1.165, 1.54) is 12.8 Å². The Kier molecular flexibility index (Phi) is 5.97. The lowest BCUT2D eigenvalue weighted by Crippen LogP contribution is -2.39. The summed E-state index contributed by atoms with van der Waals surface area (Å²) in [5.74, 6) is 0.917. The first-order valence-electron chi connectivity index (χ1n) is 9.85. The van der Waals surface area contributed by atoms with Gasteiger partial charge in [-0.3, -0.25) is 9.59 Å². The van der Waals surface area contributed by atoms with E-state index in [0.29, 0.717) is 42.4 Å². The van der Waals surface area contributed by atoms with Crippen LogP contribution in [0.5, 0.6) is 0 Å². The van der Waals surface area contributed by atoms with Gasteiger partial charge in [-0.1, -0.05) is 13.8 Å². The first-order valence-corrected chi connectivity index (χ1v) is 9.85. The molecule has 2 fully saturated rings. The van der Waals surface area contributed by atoms with Crippen LogP contribution in [0.15, 0.2) is 18.2 Å². The van der Waals surface area contributed by atoms with Crippen LogP contribution in [0.4, 0.5) is 5.69 Å². The summed E-state index contributed by atoms with van der Waals surface area (Å²) in [6.45, 7) is 6.73. The quantitative estimate of drug-likeness (QED) is 0.732. The zero-order valence-corrected chi connectivity index (χ0v) is 16.1. The van der Waals surface area contributed by atoms with Crippen LogP contribution in [0.1, 0.15) is 61.9 Å². The third-order valence-corrected chi connectivity index (χ3v) is 5.48. The molecule has 2 amide bonds. The van der Waals surface area contributed by atoms with Gasteiger partial charge in [-0.15, -0.1) is 0 Å². The van der Waals surface area contributed by atoms with E-state index in [2.05, 4.69) is 29.8 Å². The lowest BCUT2D eigenvalue weighted by Gasteiger charge is -2.28. The van der Waals surface area contributed by atoms with E-state index in [4.69, 9.17) is 0 Å². The molecule has 2 bridgehead atoms. The zero-order valence-electron chi connectivity index (χ0n) is 16.1. The molecule has 5 heteroatoms. The second kappa shape index (κ2) is 8.21. The van der Waals surface area contributed by atoms with Gasteiger partial charge in [0.05, 0.1) is 0 Å². The molecular weight excluding hydrogens is 326 g/mol. The molecule has 26 heavy (non-hydrogen) atoms. The molecule has 0 radical (unpaired) electrons. The van der Waals surface area contributed by atoms with Crippen molar-refractivity contribution in [1.29, 1.82) is 0 Å². The molecule has 2 atom stereocenters. The van der Waals surface area contributed by atoms with Crippen LogP contribution in [0, 0.1) is 18.8 Å². The van der Waals surface area contributed by atoms with Gasteiger partial charge >= 0.3 is 0 Å². The maximum atomic E-state index is 12.5. The molecule has 2 heterocycles. The maximum Gasteiger partial charge on any atom is 0.251 e. The van der Waals surface area contributed by atoms with Gasteiger partial charge in [-0.2, -0.15) is 0 Å². The Balaban J connectivity index is 1.54. The first kappa shape index (κ1) is 18.9. The molecule has 1 aromatic rings. The van der Waals surface area contributed by atoms with E-state index < -0.39 is 0 Å². The summed E-state index contributed by atoms with van der Waals surface area (Å²) in [7, 11) is 0. The molecule has 0 aromatic heterocycles. The van der Waals surface area contributed by atoms with Crippen molar-refractivity contribution >= 4 is 17.5 Å². The Bertz CT molecular complexity index is 659. The molecule has 2 aliphatic rings. The van der Waals surface area contributed by atoms with Gasteiger partial charge in [0.15, 0.2) is 0 Å². The van der Waals surface area contributed by atoms with Crippen LogP contribution in [0.3, 0.4) is 0 Å². The van der Waals surface area contributed by atoms with Gasteiger partial charge in [-0.05, 0) is 68.2 Å². The van der Waals surface area contributed by atoms with Crippen LogP contribution >= 0.6 is 0 Å². The fraction of sp³-hybridized carbons (Fsp3) is 0.619. The number of carbonyl (C=O) groups is 2. The van der Waals surface area contributed by atoms with Gasteiger partial charge in [0.25, 0.3) is 5.91 Å². The molecule has 2 aliphatic heterocycles. The average Bonchev–Trinajstić information content (AvgIpc) is 2.93. The summed E-state index contributed by atoms with van der Waals surface area (Å²) in [6, 6.07) is 6.68. The van der Waals surface area contributed by atoms with Crippen molar-refractivity contribution in [3.05, 3.63) is 29.3 Å². The smallest absolute Gasteiger partial charge is 0.251 e.